The molecule has 2 aliphatic heterocycles. The zero-order valence-corrected chi connectivity index (χ0v) is 12.0. The van der Waals surface area contributed by atoms with Gasteiger partial charge in [-0.05, 0) is 36.8 Å². The highest BCUT2D eigenvalue weighted by Gasteiger charge is 2.36. The minimum absolute atomic E-state index is 0.118. The van der Waals surface area contributed by atoms with Crippen molar-refractivity contribution in [2.24, 2.45) is 0 Å². The molecule has 2 amide bonds. The quantitative estimate of drug-likeness (QED) is 0.856. The predicted octanol–water partition coefficient (Wildman–Crippen LogP) is 1.76. The fourth-order valence-corrected chi connectivity index (χ4v) is 3.29. The van der Waals surface area contributed by atoms with Crippen LogP contribution in [0, 0.1) is 0 Å². The molecule has 0 spiro atoms. The first kappa shape index (κ1) is 13.9. The second kappa shape index (κ2) is 5.76. The molecule has 0 bridgehead atoms. The Bertz CT molecular complexity index is 531. The maximum absolute atomic E-state index is 12.6. The molecular formula is C16H20N2O3. The Balaban J connectivity index is 1.71. The Morgan fingerprint density at radius 3 is 2.24 bits per heavy atom. The lowest BCUT2D eigenvalue weighted by Gasteiger charge is -2.29. The molecule has 0 aromatic heterocycles. The summed E-state index contributed by atoms with van der Waals surface area (Å²) in [5, 5.41) is 9.22. The van der Waals surface area contributed by atoms with Gasteiger partial charge in [0.2, 0.25) is 0 Å². The van der Waals surface area contributed by atoms with E-state index >= 15 is 0 Å². The van der Waals surface area contributed by atoms with Crippen LogP contribution in [0.2, 0.25) is 0 Å². The first-order chi connectivity index (χ1) is 10.2. The normalized spacial score (nSPS) is 21.8. The molecule has 0 unspecified atom stereocenters. The van der Waals surface area contributed by atoms with Crippen LogP contribution in [0.4, 0.5) is 4.79 Å². The molecular weight excluding hydrogens is 268 g/mol. The standard InChI is InChI=1S/C16H20N2O3/c19-15(20)14-6-3-9-18(14)16(21)17-10-7-12-4-1-2-5-13(12)8-11-17/h1-2,4-5,14H,3,6-11H2,(H,19,20)/t14-/m1/s1. The number of aliphatic carboxylic acids is 1. The molecule has 3 rings (SSSR count). The van der Waals surface area contributed by atoms with Gasteiger partial charge >= 0.3 is 12.0 Å². The third-order valence-electron chi connectivity index (χ3n) is 4.47. The van der Waals surface area contributed by atoms with Gasteiger partial charge in [0, 0.05) is 19.6 Å². The summed E-state index contributed by atoms with van der Waals surface area (Å²) in [5.41, 5.74) is 2.59. The highest BCUT2D eigenvalue weighted by molar-refractivity contribution is 5.83. The molecule has 1 N–H and O–H groups in total. The van der Waals surface area contributed by atoms with E-state index in [1.165, 1.54) is 16.0 Å². The number of urea groups is 1. The molecule has 5 nitrogen and oxygen atoms in total. The number of hydrogen-bond donors (Lipinski definition) is 1. The van der Waals surface area contributed by atoms with Gasteiger partial charge in [-0.15, -0.1) is 0 Å². The van der Waals surface area contributed by atoms with Crippen molar-refractivity contribution >= 4 is 12.0 Å². The van der Waals surface area contributed by atoms with Gasteiger partial charge in [0.15, 0.2) is 0 Å². The van der Waals surface area contributed by atoms with Crippen molar-refractivity contribution < 1.29 is 14.7 Å². The number of carboxylic acid groups (broad SMARTS) is 1. The van der Waals surface area contributed by atoms with E-state index in [1.54, 1.807) is 4.90 Å². The van der Waals surface area contributed by atoms with E-state index < -0.39 is 12.0 Å². The van der Waals surface area contributed by atoms with Crippen LogP contribution in [0.5, 0.6) is 0 Å². The lowest BCUT2D eigenvalue weighted by Crippen LogP contribution is -2.48. The van der Waals surface area contributed by atoms with Gasteiger partial charge in [-0.1, -0.05) is 24.3 Å². The van der Waals surface area contributed by atoms with Gasteiger partial charge in [-0.25, -0.2) is 9.59 Å². The van der Waals surface area contributed by atoms with Crippen LogP contribution in [-0.2, 0) is 17.6 Å². The minimum Gasteiger partial charge on any atom is -0.480 e. The van der Waals surface area contributed by atoms with Gasteiger partial charge in [0.1, 0.15) is 6.04 Å². The number of hydrogen-bond acceptors (Lipinski definition) is 2. The molecule has 2 aliphatic rings. The Hall–Kier alpha value is -2.04. The third-order valence-corrected chi connectivity index (χ3v) is 4.47. The van der Waals surface area contributed by atoms with Crippen LogP contribution < -0.4 is 0 Å². The van der Waals surface area contributed by atoms with Crippen LogP contribution in [-0.4, -0.2) is 52.6 Å². The molecule has 21 heavy (non-hydrogen) atoms. The van der Waals surface area contributed by atoms with Gasteiger partial charge < -0.3 is 14.9 Å². The number of rotatable bonds is 1. The average molecular weight is 288 g/mol. The van der Waals surface area contributed by atoms with Crippen molar-refractivity contribution in [2.75, 3.05) is 19.6 Å². The molecule has 1 saturated heterocycles. The first-order valence-corrected chi connectivity index (χ1v) is 7.52. The number of fused-ring (bicyclic) bond motifs is 1. The van der Waals surface area contributed by atoms with E-state index in [0.29, 0.717) is 26.1 Å². The topological polar surface area (TPSA) is 60.9 Å². The predicted molar refractivity (Wildman–Crippen MR) is 78.2 cm³/mol. The number of likely N-dealkylation sites (tertiary alicyclic amines) is 1. The van der Waals surface area contributed by atoms with Crippen molar-refractivity contribution in [1.82, 2.24) is 9.80 Å². The Morgan fingerprint density at radius 1 is 1.05 bits per heavy atom. The van der Waals surface area contributed by atoms with Crippen molar-refractivity contribution in [2.45, 2.75) is 31.7 Å². The third kappa shape index (κ3) is 2.73. The average Bonchev–Trinajstić information content (AvgIpc) is 2.88. The summed E-state index contributed by atoms with van der Waals surface area (Å²) in [7, 11) is 0. The zero-order valence-electron chi connectivity index (χ0n) is 12.0. The molecule has 0 radical (unpaired) electrons. The summed E-state index contributed by atoms with van der Waals surface area (Å²) in [5.74, 6) is -0.890. The maximum Gasteiger partial charge on any atom is 0.326 e. The first-order valence-electron chi connectivity index (χ1n) is 7.52. The summed E-state index contributed by atoms with van der Waals surface area (Å²) in [4.78, 5) is 27.2. The van der Waals surface area contributed by atoms with Crippen LogP contribution >= 0.6 is 0 Å². The summed E-state index contributed by atoms with van der Waals surface area (Å²) in [6.07, 6.45) is 3.02. The van der Waals surface area contributed by atoms with Crippen LogP contribution in [0.25, 0.3) is 0 Å². The lowest BCUT2D eigenvalue weighted by molar-refractivity contribution is -0.141. The Morgan fingerprint density at radius 2 is 1.67 bits per heavy atom. The summed E-state index contributed by atoms with van der Waals surface area (Å²) in [6, 6.07) is 7.50. The van der Waals surface area contributed by atoms with E-state index in [9.17, 15) is 14.7 Å². The smallest absolute Gasteiger partial charge is 0.326 e. The molecule has 2 heterocycles. The van der Waals surface area contributed by atoms with Crippen LogP contribution in [0.15, 0.2) is 24.3 Å². The van der Waals surface area contributed by atoms with Gasteiger partial charge in [-0.3, -0.25) is 0 Å². The van der Waals surface area contributed by atoms with Crippen molar-refractivity contribution in [1.29, 1.82) is 0 Å². The van der Waals surface area contributed by atoms with Crippen LogP contribution in [0.3, 0.4) is 0 Å². The van der Waals surface area contributed by atoms with Crippen LogP contribution in [0.1, 0.15) is 24.0 Å². The van der Waals surface area contributed by atoms with Gasteiger partial charge in [-0.2, -0.15) is 0 Å². The number of carbonyl (C=O) groups is 2. The number of nitrogens with zero attached hydrogens (tertiary/aromatic N) is 2. The van der Waals surface area contributed by atoms with Crippen molar-refractivity contribution in [3.63, 3.8) is 0 Å². The van der Waals surface area contributed by atoms with E-state index in [1.807, 2.05) is 12.1 Å². The fraction of sp³-hybridized carbons (Fsp3) is 0.500. The van der Waals surface area contributed by atoms with Gasteiger partial charge in [0.05, 0.1) is 0 Å². The molecule has 0 aliphatic carbocycles. The molecule has 1 fully saturated rings. The van der Waals surface area contributed by atoms with E-state index in [0.717, 1.165) is 19.3 Å². The second-order valence-corrected chi connectivity index (χ2v) is 5.73. The number of carbonyl (C=O) groups excluding carboxylic acids is 1. The summed E-state index contributed by atoms with van der Waals surface area (Å²) in [6.45, 7) is 1.89. The fourth-order valence-electron chi connectivity index (χ4n) is 3.29. The van der Waals surface area contributed by atoms with Gasteiger partial charge in [0.25, 0.3) is 0 Å². The monoisotopic (exact) mass is 288 g/mol. The van der Waals surface area contributed by atoms with E-state index in [-0.39, 0.29) is 6.03 Å². The molecule has 1 aromatic rings. The Labute approximate surface area is 124 Å². The molecule has 5 heteroatoms. The minimum atomic E-state index is -0.890. The number of carboxylic acids is 1. The summed E-state index contributed by atoms with van der Waals surface area (Å²) >= 11 is 0. The molecule has 112 valence electrons. The number of benzene rings is 1. The molecule has 1 aromatic carbocycles. The largest absolute Gasteiger partial charge is 0.480 e. The maximum atomic E-state index is 12.6. The van der Waals surface area contributed by atoms with E-state index in [4.69, 9.17) is 0 Å². The zero-order chi connectivity index (χ0) is 14.8. The molecule has 0 saturated carbocycles. The second-order valence-electron chi connectivity index (χ2n) is 5.73. The van der Waals surface area contributed by atoms with Crippen molar-refractivity contribution in [3.8, 4) is 0 Å². The summed E-state index contributed by atoms with van der Waals surface area (Å²) < 4.78 is 0. The highest BCUT2D eigenvalue weighted by atomic mass is 16.4. The van der Waals surface area contributed by atoms with E-state index in [2.05, 4.69) is 12.1 Å². The highest BCUT2D eigenvalue weighted by Crippen LogP contribution is 2.21. The Kier molecular flexibility index (Phi) is 3.82. The molecule has 1 atom stereocenters. The SMILES string of the molecule is O=C(O)[C@H]1CCCN1C(=O)N1CCc2ccccc2CC1. The number of amides is 2. The lowest BCUT2D eigenvalue weighted by atomic mass is 10.0. The van der Waals surface area contributed by atoms with Crippen molar-refractivity contribution in [3.05, 3.63) is 35.4 Å².